The van der Waals surface area contributed by atoms with Crippen LogP contribution < -0.4 is 10.5 Å². The Kier molecular flexibility index (Phi) is 5.33. The van der Waals surface area contributed by atoms with Crippen molar-refractivity contribution in [3.63, 3.8) is 0 Å². The summed E-state index contributed by atoms with van der Waals surface area (Å²) in [5, 5.41) is 8.64. The average Bonchev–Trinajstić information content (AvgIpc) is 2.28. The van der Waals surface area contributed by atoms with E-state index in [-0.39, 0.29) is 5.54 Å². The summed E-state index contributed by atoms with van der Waals surface area (Å²) in [6, 6.07) is 9.22. The second kappa shape index (κ2) is 6.53. The fourth-order valence-electron chi connectivity index (χ4n) is 1.18. The molecule has 0 aromatic heterocycles. The molecule has 17 heavy (non-hydrogen) atoms. The molecule has 1 aromatic rings. The van der Waals surface area contributed by atoms with Gasteiger partial charge in [0.15, 0.2) is 0 Å². The maximum Gasteiger partial charge on any atom is 0.119 e. The molecule has 3 nitrogen and oxygen atoms in total. The monoisotopic (exact) mass is 250 g/mol. The first-order valence-corrected chi connectivity index (χ1v) is 6.66. The summed E-state index contributed by atoms with van der Waals surface area (Å²) in [7, 11) is 0. The van der Waals surface area contributed by atoms with Crippen LogP contribution >= 0.6 is 11.8 Å². The minimum Gasteiger partial charge on any atom is -0.493 e. The molecule has 0 unspecified atom stereocenters. The lowest BCUT2D eigenvalue weighted by Gasteiger charge is -2.17. The number of hydrogen-bond donors (Lipinski definition) is 1. The van der Waals surface area contributed by atoms with Gasteiger partial charge in [0.25, 0.3) is 0 Å². The Bertz CT molecular complexity index is 376. The number of nitrogens with two attached hydrogens (primary N) is 1. The lowest BCUT2D eigenvalue weighted by Crippen LogP contribution is -2.34. The Morgan fingerprint density at radius 3 is 2.53 bits per heavy atom. The van der Waals surface area contributed by atoms with E-state index in [0.717, 1.165) is 17.3 Å². The molecule has 0 atom stereocenters. The molecule has 0 amide bonds. The number of ether oxygens (including phenoxy) is 1. The predicted molar refractivity (Wildman–Crippen MR) is 72.2 cm³/mol. The SMILES string of the molecule is CC(C)(N)CSCCOc1ccc(C#N)cc1. The topological polar surface area (TPSA) is 59.0 Å². The summed E-state index contributed by atoms with van der Waals surface area (Å²) < 4.78 is 5.55. The van der Waals surface area contributed by atoms with Gasteiger partial charge in [-0.15, -0.1) is 0 Å². The van der Waals surface area contributed by atoms with Gasteiger partial charge in [0.2, 0.25) is 0 Å². The maximum absolute atomic E-state index is 8.64. The molecular weight excluding hydrogens is 232 g/mol. The third-order valence-corrected chi connectivity index (χ3v) is 3.36. The Balaban J connectivity index is 2.20. The second-order valence-corrected chi connectivity index (χ2v) is 5.63. The molecule has 0 aliphatic carbocycles. The van der Waals surface area contributed by atoms with Gasteiger partial charge >= 0.3 is 0 Å². The molecule has 4 heteroatoms. The van der Waals surface area contributed by atoms with Crippen molar-refractivity contribution < 1.29 is 4.74 Å². The molecule has 0 heterocycles. The van der Waals surface area contributed by atoms with E-state index in [9.17, 15) is 0 Å². The largest absolute Gasteiger partial charge is 0.493 e. The summed E-state index contributed by atoms with van der Waals surface area (Å²) in [6.45, 7) is 4.69. The highest BCUT2D eigenvalue weighted by Gasteiger charge is 2.09. The summed E-state index contributed by atoms with van der Waals surface area (Å²) in [5.74, 6) is 2.64. The smallest absolute Gasteiger partial charge is 0.119 e. The first kappa shape index (κ1) is 13.9. The van der Waals surface area contributed by atoms with Gasteiger partial charge in [-0.1, -0.05) is 0 Å². The van der Waals surface area contributed by atoms with Crippen LogP contribution in [0.4, 0.5) is 0 Å². The molecule has 0 aliphatic heterocycles. The van der Waals surface area contributed by atoms with Gasteiger partial charge in [0.1, 0.15) is 5.75 Å². The minimum atomic E-state index is -0.126. The molecule has 0 saturated carbocycles. The van der Waals surface area contributed by atoms with Crippen molar-refractivity contribution in [1.29, 1.82) is 5.26 Å². The normalized spacial score (nSPS) is 10.9. The number of rotatable bonds is 6. The second-order valence-electron chi connectivity index (χ2n) is 4.53. The zero-order valence-electron chi connectivity index (χ0n) is 10.3. The minimum absolute atomic E-state index is 0.126. The number of nitrogens with zero attached hydrogens (tertiary/aromatic N) is 1. The highest BCUT2D eigenvalue weighted by atomic mass is 32.2. The van der Waals surface area contributed by atoms with E-state index in [2.05, 4.69) is 6.07 Å². The van der Waals surface area contributed by atoms with Crippen LogP contribution in [0.3, 0.4) is 0 Å². The van der Waals surface area contributed by atoms with Crippen LogP contribution in [0, 0.1) is 11.3 Å². The van der Waals surface area contributed by atoms with Crippen LogP contribution in [-0.2, 0) is 0 Å². The molecule has 0 bridgehead atoms. The molecule has 0 fully saturated rings. The van der Waals surface area contributed by atoms with Gasteiger partial charge in [-0.25, -0.2) is 0 Å². The lowest BCUT2D eigenvalue weighted by atomic mass is 10.1. The highest BCUT2D eigenvalue weighted by molar-refractivity contribution is 7.99. The van der Waals surface area contributed by atoms with Gasteiger partial charge < -0.3 is 10.5 Å². The van der Waals surface area contributed by atoms with Crippen molar-refractivity contribution in [2.45, 2.75) is 19.4 Å². The lowest BCUT2D eigenvalue weighted by molar-refractivity contribution is 0.344. The number of nitriles is 1. The molecule has 1 rings (SSSR count). The third kappa shape index (κ3) is 6.20. The number of thioether (sulfide) groups is 1. The molecule has 0 saturated heterocycles. The molecule has 0 spiro atoms. The first-order valence-electron chi connectivity index (χ1n) is 5.51. The Hall–Kier alpha value is -1.18. The molecule has 1 aromatic carbocycles. The van der Waals surface area contributed by atoms with Crippen LogP contribution in [0.1, 0.15) is 19.4 Å². The van der Waals surface area contributed by atoms with Gasteiger partial charge in [-0.2, -0.15) is 17.0 Å². The van der Waals surface area contributed by atoms with E-state index in [4.69, 9.17) is 15.7 Å². The van der Waals surface area contributed by atoms with E-state index in [1.54, 1.807) is 23.9 Å². The Labute approximate surface area is 107 Å². The van der Waals surface area contributed by atoms with Gasteiger partial charge in [-0.05, 0) is 38.1 Å². The van der Waals surface area contributed by atoms with Crippen LogP contribution in [0.2, 0.25) is 0 Å². The van der Waals surface area contributed by atoms with Gasteiger partial charge in [0, 0.05) is 17.0 Å². The number of benzene rings is 1. The predicted octanol–water partition coefficient (Wildman–Crippen LogP) is 2.41. The molecule has 2 N–H and O–H groups in total. The molecule has 0 aliphatic rings. The van der Waals surface area contributed by atoms with E-state index < -0.39 is 0 Å². The third-order valence-electron chi connectivity index (χ3n) is 1.95. The summed E-state index contributed by atoms with van der Waals surface area (Å²) in [5.41, 5.74) is 6.39. The van der Waals surface area contributed by atoms with Crippen LogP contribution in [0.5, 0.6) is 5.75 Å². The van der Waals surface area contributed by atoms with Crippen molar-refractivity contribution in [3.8, 4) is 11.8 Å². The van der Waals surface area contributed by atoms with Crippen molar-refractivity contribution in [2.24, 2.45) is 5.73 Å². The van der Waals surface area contributed by atoms with E-state index in [1.165, 1.54) is 0 Å². The van der Waals surface area contributed by atoms with Crippen molar-refractivity contribution in [3.05, 3.63) is 29.8 Å². The molecule has 0 radical (unpaired) electrons. The number of hydrogen-bond acceptors (Lipinski definition) is 4. The Morgan fingerprint density at radius 1 is 1.35 bits per heavy atom. The van der Waals surface area contributed by atoms with Crippen molar-refractivity contribution >= 4 is 11.8 Å². The van der Waals surface area contributed by atoms with Crippen LogP contribution in [0.25, 0.3) is 0 Å². The molecule has 92 valence electrons. The first-order chi connectivity index (χ1) is 8.01. The van der Waals surface area contributed by atoms with Crippen molar-refractivity contribution in [1.82, 2.24) is 0 Å². The van der Waals surface area contributed by atoms with E-state index >= 15 is 0 Å². The summed E-state index contributed by atoms with van der Waals surface area (Å²) >= 11 is 1.78. The average molecular weight is 250 g/mol. The van der Waals surface area contributed by atoms with Crippen molar-refractivity contribution in [2.75, 3.05) is 18.1 Å². The summed E-state index contributed by atoms with van der Waals surface area (Å²) in [4.78, 5) is 0. The fraction of sp³-hybridized carbons (Fsp3) is 0.462. The summed E-state index contributed by atoms with van der Waals surface area (Å²) in [6.07, 6.45) is 0. The van der Waals surface area contributed by atoms with E-state index in [1.807, 2.05) is 26.0 Å². The zero-order chi connectivity index (χ0) is 12.7. The maximum atomic E-state index is 8.64. The molecular formula is C13H18N2OS. The van der Waals surface area contributed by atoms with Gasteiger partial charge in [-0.3, -0.25) is 0 Å². The van der Waals surface area contributed by atoms with Crippen LogP contribution in [0.15, 0.2) is 24.3 Å². The fourth-order valence-corrected chi connectivity index (χ4v) is 2.05. The van der Waals surface area contributed by atoms with Gasteiger partial charge in [0.05, 0.1) is 18.2 Å². The standard InChI is InChI=1S/C13H18N2OS/c1-13(2,15)10-17-8-7-16-12-5-3-11(9-14)4-6-12/h3-6H,7-8,10,15H2,1-2H3. The quantitative estimate of drug-likeness (QED) is 0.788. The zero-order valence-corrected chi connectivity index (χ0v) is 11.1. The highest BCUT2D eigenvalue weighted by Crippen LogP contribution is 2.13. The van der Waals surface area contributed by atoms with Crippen LogP contribution in [-0.4, -0.2) is 23.7 Å². The van der Waals surface area contributed by atoms with E-state index in [0.29, 0.717) is 12.2 Å². The Morgan fingerprint density at radius 2 is 2.00 bits per heavy atom.